The highest BCUT2D eigenvalue weighted by atomic mass is 35.5. The number of aromatic nitrogens is 4. The maximum Gasteiger partial charge on any atom is 0.142 e. The molecule has 190 valence electrons. The van der Waals surface area contributed by atoms with Crippen LogP contribution in [-0.2, 0) is 7.05 Å². The molecule has 2 aromatic carbocycles. The summed E-state index contributed by atoms with van der Waals surface area (Å²) >= 11 is 0. The molecule has 0 N–H and O–H groups in total. The molecule has 2 aromatic heterocycles. The van der Waals surface area contributed by atoms with Gasteiger partial charge in [0, 0.05) is 37.1 Å². The first-order chi connectivity index (χ1) is 17.1. The SMILES string of the molecule is COc1ccc(OC)c(N(CCCN2CCCC2)c2ccc3ncc(-c4cnn(C)c4)nc3c2)c1.Cl. The van der Waals surface area contributed by atoms with Gasteiger partial charge in [-0.05, 0) is 69.2 Å². The quantitative estimate of drug-likeness (QED) is 0.312. The monoisotopic (exact) mass is 508 g/mol. The van der Waals surface area contributed by atoms with Crippen LogP contribution in [0.5, 0.6) is 11.5 Å². The van der Waals surface area contributed by atoms with E-state index in [4.69, 9.17) is 14.5 Å². The van der Waals surface area contributed by atoms with E-state index < -0.39 is 0 Å². The Kier molecular flexibility index (Phi) is 8.28. The van der Waals surface area contributed by atoms with E-state index in [1.165, 1.54) is 25.9 Å². The zero-order chi connectivity index (χ0) is 24.2. The van der Waals surface area contributed by atoms with Crippen molar-refractivity contribution < 1.29 is 9.47 Å². The van der Waals surface area contributed by atoms with Crippen LogP contribution < -0.4 is 14.4 Å². The van der Waals surface area contributed by atoms with Crippen LogP contribution >= 0.6 is 12.4 Å². The van der Waals surface area contributed by atoms with Crippen LogP contribution in [0.1, 0.15) is 19.3 Å². The lowest BCUT2D eigenvalue weighted by Gasteiger charge is -2.28. The molecule has 36 heavy (non-hydrogen) atoms. The highest BCUT2D eigenvalue weighted by Crippen LogP contribution is 2.37. The maximum atomic E-state index is 5.75. The molecule has 8 nitrogen and oxygen atoms in total. The molecule has 0 radical (unpaired) electrons. The Bertz CT molecular complexity index is 1300. The van der Waals surface area contributed by atoms with Crippen LogP contribution in [-0.4, -0.2) is 65.0 Å². The van der Waals surface area contributed by atoms with Crippen LogP contribution in [0.2, 0.25) is 0 Å². The third-order valence-corrected chi connectivity index (χ3v) is 6.57. The molecular weight excluding hydrogens is 476 g/mol. The largest absolute Gasteiger partial charge is 0.497 e. The standard InChI is InChI=1S/C27H32N6O2.ClH/c1-31-19-20(17-29-31)25-18-28-23-9-7-21(15-24(23)30-25)33(14-6-13-32-11-4-5-12-32)26-16-22(34-2)8-10-27(26)35-3;/h7-10,15-19H,4-6,11-14H2,1-3H3;1H. The number of nitrogens with zero attached hydrogens (tertiary/aromatic N) is 6. The summed E-state index contributed by atoms with van der Waals surface area (Å²) in [6.45, 7) is 4.33. The molecule has 0 atom stereocenters. The fourth-order valence-electron chi connectivity index (χ4n) is 4.72. The van der Waals surface area contributed by atoms with E-state index in [1.54, 1.807) is 25.1 Å². The second-order valence-corrected chi connectivity index (χ2v) is 8.92. The van der Waals surface area contributed by atoms with Gasteiger partial charge in [0.1, 0.15) is 11.5 Å². The van der Waals surface area contributed by atoms with Crippen molar-refractivity contribution in [3.05, 3.63) is 55.0 Å². The molecule has 4 aromatic rings. The minimum absolute atomic E-state index is 0. The summed E-state index contributed by atoms with van der Waals surface area (Å²) in [6.07, 6.45) is 9.21. The van der Waals surface area contributed by atoms with Gasteiger partial charge >= 0.3 is 0 Å². The molecule has 1 saturated heterocycles. The van der Waals surface area contributed by atoms with Gasteiger partial charge in [-0.3, -0.25) is 9.67 Å². The first-order valence-corrected chi connectivity index (χ1v) is 12.1. The predicted molar refractivity (Wildman–Crippen MR) is 146 cm³/mol. The highest BCUT2D eigenvalue weighted by molar-refractivity contribution is 5.85. The van der Waals surface area contributed by atoms with Gasteiger partial charge in [-0.25, -0.2) is 4.98 Å². The van der Waals surface area contributed by atoms with Crippen molar-refractivity contribution in [1.29, 1.82) is 0 Å². The Balaban J connectivity index is 0.00000304. The summed E-state index contributed by atoms with van der Waals surface area (Å²) in [5, 5.41) is 4.27. The number of hydrogen-bond acceptors (Lipinski definition) is 7. The van der Waals surface area contributed by atoms with Crippen molar-refractivity contribution in [1.82, 2.24) is 24.6 Å². The summed E-state index contributed by atoms with van der Waals surface area (Å²) < 4.78 is 13.1. The number of halogens is 1. The molecule has 0 saturated carbocycles. The normalized spacial score (nSPS) is 13.5. The lowest BCUT2D eigenvalue weighted by molar-refractivity contribution is 0.335. The van der Waals surface area contributed by atoms with Crippen LogP contribution in [0.4, 0.5) is 11.4 Å². The summed E-state index contributed by atoms with van der Waals surface area (Å²) in [5.41, 5.74) is 5.48. The molecule has 3 heterocycles. The Morgan fingerprint density at radius 1 is 0.972 bits per heavy atom. The molecule has 0 spiro atoms. The van der Waals surface area contributed by atoms with E-state index in [0.29, 0.717) is 0 Å². The molecule has 1 aliphatic heterocycles. The molecule has 1 aliphatic rings. The van der Waals surface area contributed by atoms with Crippen molar-refractivity contribution in [3.8, 4) is 22.8 Å². The molecule has 5 rings (SSSR count). The van der Waals surface area contributed by atoms with Gasteiger partial charge in [-0.2, -0.15) is 5.10 Å². The van der Waals surface area contributed by atoms with E-state index >= 15 is 0 Å². The fraction of sp³-hybridized carbons (Fsp3) is 0.370. The number of aryl methyl sites for hydroxylation is 1. The molecule has 0 unspecified atom stereocenters. The topological polar surface area (TPSA) is 68.5 Å². The average Bonchev–Trinajstić information content (AvgIpc) is 3.57. The average molecular weight is 509 g/mol. The van der Waals surface area contributed by atoms with Gasteiger partial charge in [-0.1, -0.05) is 0 Å². The van der Waals surface area contributed by atoms with Gasteiger partial charge in [0.05, 0.1) is 49.0 Å². The second-order valence-electron chi connectivity index (χ2n) is 8.92. The van der Waals surface area contributed by atoms with Crippen molar-refractivity contribution in [2.45, 2.75) is 19.3 Å². The predicted octanol–water partition coefficient (Wildman–Crippen LogP) is 5.09. The zero-order valence-corrected chi connectivity index (χ0v) is 21.9. The Labute approximate surface area is 218 Å². The summed E-state index contributed by atoms with van der Waals surface area (Å²) in [6, 6.07) is 12.2. The minimum atomic E-state index is 0. The van der Waals surface area contributed by atoms with Crippen LogP contribution in [0.3, 0.4) is 0 Å². The summed E-state index contributed by atoms with van der Waals surface area (Å²) in [4.78, 5) is 14.4. The minimum Gasteiger partial charge on any atom is -0.497 e. The van der Waals surface area contributed by atoms with E-state index in [1.807, 2.05) is 43.7 Å². The Morgan fingerprint density at radius 2 is 1.81 bits per heavy atom. The number of benzene rings is 2. The van der Waals surface area contributed by atoms with Crippen molar-refractivity contribution in [3.63, 3.8) is 0 Å². The summed E-state index contributed by atoms with van der Waals surface area (Å²) in [7, 11) is 5.30. The number of likely N-dealkylation sites (tertiary alicyclic amines) is 1. The third kappa shape index (κ3) is 5.55. The zero-order valence-electron chi connectivity index (χ0n) is 21.1. The number of anilines is 2. The number of rotatable bonds is 9. The van der Waals surface area contributed by atoms with Crippen molar-refractivity contribution in [2.24, 2.45) is 7.05 Å². The summed E-state index contributed by atoms with van der Waals surface area (Å²) in [5.74, 6) is 1.60. The first kappa shape index (κ1) is 25.7. The first-order valence-electron chi connectivity index (χ1n) is 12.1. The molecule has 0 amide bonds. The smallest absolute Gasteiger partial charge is 0.142 e. The van der Waals surface area contributed by atoms with E-state index in [9.17, 15) is 0 Å². The molecule has 9 heteroatoms. The Hall–Kier alpha value is -3.36. The number of ether oxygens (including phenoxy) is 2. The Morgan fingerprint density at radius 3 is 2.53 bits per heavy atom. The third-order valence-electron chi connectivity index (χ3n) is 6.57. The van der Waals surface area contributed by atoms with E-state index in [0.717, 1.165) is 64.7 Å². The molecule has 0 aliphatic carbocycles. The molecule has 0 bridgehead atoms. The lowest BCUT2D eigenvalue weighted by Crippen LogP contribution is -2.26. The van der Waals surface area contributed by atoms with Crippen LogP contribution in [0.15, 0.2) is 55.0 Å². The number of fused-ring (bicyclic) bond motifs is 1. The van der Waals surface area contributed by atoms with E-state index in [-0.39, 0.29) is 12.4 Å². The maximum absolute atomic E-state index is 5.75. The van der Waals surface area contributed by atoms with Crippen molar-refractivity contribution in [2.75, 3.05) is 45.3 Å². The second kappa shape index (κ2) is 11.6. The van der Waals surface area contributed by atoms with Crippen molar-refractivity contribution >= 4 is 34.8 Å². The fourth-order valence-corrected chi connectivity index (χ4v) is 4.72. The highest BCUT2D eigenvalue weighted by Gasteiger charge is 2.18. The van der Waals surface area contributed by atoms with Crippen LogP contribution in [0, 0.1) is 0 Å². The van der Waals surface area contributed by atoms with Gasteiger partial charge in [0.15, 0.2) is 0 Å². The number of methoxy groups -OCH3 is 2. The van der Waals surface area contributed by atoms with Gasteiger partial charge in [0.25, 0.3) is 0 Å². The molecule has 1 fully saturated rings. The lowest BCUT2D eigenvalue weighted by atomic mass is 10.1. The molecular formula is C27H33ClN6O2. The van der Waals surface area contributed by atoms with Gasteiger partial charge in [-0.15, -0.1) is 12.4 Å². The van der Waals surface area contributed by atoms with Crippen LogP contribution in [0.25, 0.3) is 22.3 Å². The number of hydrogen-bond donors (Lipinski definition) is 0. The van der Waals surface area contributed by atoms with E-state index in [2.05, 4.69) is 32.0 Å². The van der Waals surface area contributed by atoms with Gasteiger partial charge < -0.3 is 19.3 Å². The van der Waals surface area contributed by atoms with Gasteiger partial charge in [0.2, 0.25) is 0 Å².